The van der Waals surface area contributed by atoms with Gasteiger partial charge in [-0.05, 0) is 44.1 Å². The third-order valence-electron chi connectivity index (χ3n) is 3.88. The average molecular weight is 237 g/mol. The summed E-state index contributed by atoms with van der Waals surface area (Å²) in [5.41, 5.74) is -1.62. The van der Waals surface area contributed by atoms with Crippen molar-refractivity contribution >= 4 is 0 Å². The maximum atomic E-state index is 13.0. The van der Waals surface area contributed by atoms with Crippen molar-refractivity contribution < 1.29 is 13.2 Å². The minimum Gasteiger partial charge on any atom is -0.304 e. The van der Waals surface area contributed by atoms with Gasteiger partial charge in [-0.2, -0.15) is 13.2 Å². The van der Waals surface area contributed by atoms with Gasteiger partial charge in [0.1, 0.15) is 5.54 Å². The second-order valence-corrected chi connectivity index (χ2v) is 5.19. The van der Waals surface area contributed by atoms with E-state index in [0.29, 0.717) is 31.2 Å². The largest absolute Gasteiger partial charge is 0.406 e. The fraction of sp³-hybridized carbons (Fsp3) is 1.00. The Bertz CT molecular complexity index is 215. The fourth-order valence-electron chi connectivity index (χ4n) is 2.70. The highest BCUT2D eigenvalue weighted by Gasteiger charge is 2.55. The predicted octanol–water partition coefficient (Wildman–Crippen LogP) is 3.74. The number of nitrogens with one attached hydrogen (secondary N) is 1. The monoisotopic (exact) mass is 237 g/mol. The third-order valence-corrected chi connectivity index (χ3v) is 3.88. The van der Waals surface area contributed by atoms with E-state index in [2.05, 4.69) is 19.2 Å². The maximum Gasteiger partial charge on any atom is 0.406 e. The van der Waals surface area contributed by atoms with Crippen molar-refractivity contribution in [3.63, 3.8) is 0 Å². The molecule has 0 bridgehead atoms. The minimum atomic E-state index is -4.12. The average Bonchev–Trinajstić information content (AvgIpc) is 2.17. The maximum absolute atomic E-state index is 13.0. The molecule has 1 saturated carbocycles. The van der Waals surface area contributed by atoms with Crippen LogP contribution >= 0.6 is 0 Å². The van der Waals surface area contributed by atoms with Gasteiger partial charge in [0.25, 0.3) is 0 Å². The molecule has 0 unspecified atom stereocenters. The van der Waals surface area contributed by atoms with Crippen LogP contribution in [0, 0.1) is 11.8 Å². The van der Waals surface area contributed by atoms with Crippen LogP contribution in [0.3, 0.4) is 0 Å². The van der Waals surface area contributed by atoms with Gasteiger partial charge in [-0.25, -0.2) is 0 Å². The molecule has 1 fully saturated rings. The molecule has 0 radical (unpaired) electrons. The van der Waals surface area contributed by atoms with E-state index in [1.165, 1.54) is 0 Å². The van der Waals surface area contributed by atoms with Crippen molar-refractivity contribution in [2.45, 2.75) is 58.2 Å². The highest BCUT2D eigenvalue weighted by Crippen LogP contribution is 2.44. The molecule has 4 heteroatoms. The van der Waals surface area contributed by atoms with Crippen LogP contribution in [0.15, 0.2) is 0 Å². The lowest BCUT2D eigenvalue weighted by Gasteiger charge is -2.43. The Morgan fingerprint density at radius 3 is 2.06 bits per heavy atom. The van der Waals surface area contributed by atoms with E-state index >= 15 is 0 Å². The van der Waals surface area contributed by atoms with Crippen LogP contribution in [-0.2, 0) is 0 Å². The first kappa shape index (κ1) is 13.8. The Labute approximate surface area is 95.8 Å². The van der Waals surface area contributed by atoms with Crippen molar-refractivity contribution in [2.24, 2.45) is 11.8 Å². The quantitative estimate of drug-likeness (QED) is 0.788. The number of hydrogen-bond acceptors (Lipinski definition) is 1. The first-order valence-electron chi connectivity index (χ1n) is 6.14. The predicted molar refractivity (Wildman–Crippen MR) is 59.3 cm³/mol. The van der Waals surface area contributed by atoms with Crippen molar-refractivity contribution in [1.82, 2.24) is 5.32 Å². The van der Waals surface area contributed by atoms with Crippen LogP contribution in [0.2, 0.25) is 0 Å². The molecule has 0 spiro atoms. The molecule has 96 valence electrons. The van der Waals surface area contributed by atoms with E-state index in [4.69, 9.17) is 0 Å². The zero-order valence-electron chi connectivity index (χ0n) is 10.3. The lowest BCUT2D eigenvalue weighted by molar-refractivity contribution is -0.208. The van der Waals surface area contributed by atoms with Crippen LogP contribution in [0.25, 0.3) is 0 Å². The SMILES string of the molecule is CCNC1(C(F)(F)F)CCC(C(C)C)CC1. The molecular weight excluding hydrogens is 215 g/mol. The van der Waals surface area contributed by atoms with E-state index < -0.39 is 11.7 Å². The van der Waals surface area contributed by atoms with Crippen LogP contribution in [-0.4, -0.2) is 18.3 Å². The molecular formula is C12H22F3N. The molecule has 1 aliphatic carbocycles. The van der Waals surface area contributed by atoms with Gasteiger partial charge in [0, 0.05) is 0 Å². The normalized spacial score (nSPS) is 32.1. The number of rotatable bonds is 3. The molecule has 0 atom stereocenters. The summed E-state index contributed by atoms with van der Waals surface area (Å²) in [7, 11) is 0. The van der Waals surface area contributed by atoms with Crippen LogP contribution in [0.4, 0.5) is 13.2 Å². The van der Waals surface area contributed by atoms with Gasteiger partial charge in [-0.1, -0.05) is 20.8 Å². The van der Waals surface area contributed by atoms with Gasteiger partial charge in [-0.15, -0.1) is 0 Å². The van der Waals surface area contributed by atoms with Crippen LogP contribution in [0.1, 0.15) is 46.5 Å². The van der Waals surface area contributed by atoms with Crippen LogP contribution in [0.5, 0.6) is 0 Å². The molecule has 1 aliphatic rings. The van der Waals surface area contributed by atoms with Gasteiger partial charge < -0.3 is 5.32 Å². The molecule has 1 nitrogen and oxygen atoms in total. The molecule has 0 aromatic rings. The summed E-state index contributed by atoms with van der Waals surface area (Å²) in [6.07, 6.45) is -2.29. The Balaban J connectivity index is 2.70. The zero-order valence-corrected chi connectivity index (χ0v) is 10.3. The zero-order chi connectivity index (χ0) is 12.4. The molecule has 0 amide bonds. The second kappa shape index (κ2) is 4.94. The van der Waals surface area contributed by atoms with Crippen molar-refractivity contribution in [3.8, 4) is 0 Å². The van der Waals surface area contributed by atoms with Gasteiger partial charge in [0.15, 0.2) is 0 Å². The molecule has 0 aliphatic heterocycles. The molecule has 1 rings (SSSR count). The lowest BCUT2D eigenvalue weighted by Crippen LogP contribution is -2.58. The summed E-state index contributed by atoms with van der Waals surface area (Å²) >= 11 is 0. The molecule has 0 aromatic heterocycles. The first-order chi connectivity index (χ1) is 7.32. The highest BCUT2D eigenvalue weighted by atomic mass is 19.4. The van der Waals surface area contributed by atoms with Gasteiger partial charge in [0.05, 0.1) is 0 Å². The summed E-state index contributed by atoms with van der Waals surface area (Å²) in [5.74, 6) is 0.946. The lowest BCUT2D eigenvalue weighted by atomic mass is 9.72. The summed E-state index contributed by atoms with van der Waals surface area (Å²) in [4.78, 5) is 0. The number of hydrogen-bond donors (Lipinski definition) is 1. The molecule has 1 N–H and O–H groups in total. The summed E-state index contributed by atoms with van der Waals surface area (Å²) in [5, 5.41) is 2.67. The molecule has 0 heterocycles. The number of alkyl halides is 3. The summed E-state index contributed by atoms with van der Waals surface area (Å²) in [6, 6.07) is 0. The second-order valence-electron chi connectivity index (χ2n) is 5.19. The Morgan fingerprint density at radius 2 is 1.75 bits per heavy atom. The van der Waals surface area contributed by atoms with E-state index in [9.17, 15) is 13.2 Å². The van der Waals surface area contributed by atoms with Gasteiger partial charge in [0.2, 0.25) is 0 Å². The third kappa shape index (κ3) is 2.70. The van der Waals surface area contributed by atoms with E-state index in [-0.39, 0.29) is 12.8 Å². The van der Waals surface area contributed by atoms with Crippen molar-refractivity contribution in [3.05, 3.63) is 0 Å². The van der Waals surface area contributed by atoms with E-state index in [1.54, 1.807) is 6.92 Å². The molecule has 16 heavy (non-hydrogen) atoms. The Morgan fingerprint density at radius 1 is 1.25 bits per heavy atom. The molecule has 0 saturated heterocycles. The molecule has 0 aromatic carbocycles. The van der Waals surface area contributed by atoms with E-state index in [0.717, 1.165) is 0 Å². The highest BCUT2D eigenvalue weighted by molar-refractivity contribution is 4.98. The smallest absolute Gasteiger partial charge is 0.304 e. The first-order valence-corrected chi connectivity index (χ1v) is 6.14. The van der Waals surface area contributed by atoms with E-state index in [1.807, 2.05) is 0 Å². The van der Waals surface area contributed by atoms with Gasteiger partial charge >= 0.3 is 6.18 Å². The topological polar surface area (TPSA) is 12.0 Å². The Kier molecular flexibility index (Phi) is 4.27. The van der Waals surface area contributed by atoms with Crippen molar-refractivity contribution in [1.29, 1.82) is 0 Å². The standard InChI is InChI=1S/C12H22F3N/c1-4-16-11(12(13,14)15)7-5-10(6-8-11)9(2)3/h9-10,16H,4-8H2,1-3H3. The van der Waals surface area contributed by atoms with Gasteiger partial charge in [-0.3, -0.25) is 0 Å². The van der Waals surface area contributed by atoms with Crippen LogP contribution < -0.4 is 5.32 Å². The summed E-state index contributed by atoms with van der Waals surface area (Å²) < 4.78 is 39.1. The Hall–Kier alpha value is -0.250. The van der Waals surface area contributed by atoms with Crippen molar-refractivity contribution in [2.75, 3.05) is 6.54 Å². The minimum absolute atomic E-state index is 0.229. The number of halogens is 3. The summed E-state index contributed by atoms with van der Waals surface area (Å²) in [6.45, 7) is 6.31. The fourth-order valence-corrected chi connectivity index (χ4v) is 2.70.